The smallest absolute Gasteiger partial charge is 0.122 e. The first-order valence-electron chi connectivity index (χ1n) is 7.65. The zero-order chi connectivity index (χ0) is 15.6. The standard InChI is InChI=1S/C18H23ClN2O.ClH/c19-17-7-8-18(22-12-11-21-10-4-9-20)16(14-17)13-15-5-2-1-3-6-15;/h1-3,5-8,14,21H,4,9-13,20H2;1H. The van der Waals surface area contributed by atoms with Crippen molar-refractivity contribution in [3.05, 3.63) is 64.7 Å². The van der Waals surface area contributed by atoms with Crippen LogP contribution in [-0.4, -0.2) is 26.2 Å². The second-order valence-corrected chi connectivity index (χ2v) is 5.59. The summed E-state index contributed by atoms with van der Waals surface area (Å²) in [4.78, 5) is 0. The summed E-state index contributed by atoms with van der Waals surface area (Å²) < 4.78 is 5.89. The van der Waals surface area contributed by atoms with E-state index < -0.39 is 0 Å². The minimum atomic E-state index is 0. The summed E-state index contributed by atoms with van der Waals surface area (Å²) in [6.07, 6.45) is 1.80. The van der Waals surface area contributed by atoms with E-state index in [1.807, 2.05) is 36.4 Å². The Labute approximate surface area is 149 Å². The highest BCUT2D eigenvalue weighted by molar-refractivity contribution is 6.30. The average molecular weight is 355 g/mol. The Morgan fingerprint density at radius 2 is 1.83 bits per heavy atom. The number of benzene rings is 2. The van der Waals surface area contributed by atoms with E-state index in [0.717, 1.165) is 42.3 Å². The first-order chi connectivity index (χ1) is 10.8. The second kappa shape index (κ2) is 11.3. The van der Waals surface area contributed by atoms with Crippen molar-refractivity contribution in [3.63, 3.8) is 0 Å². The number of nitrogens with one attached hydrogen (secondary N) is 1. The van der Waals surface area contributed by atoms with Crippen LogP contribution in [0.2, 0.25) is 5.02 Å². The number of halogens is 2. The monoisotopic (exact) mass is 354 g/mol. The van der Waals surface area contributed by atoms with Crippen LogP contribution in [0.3, 0.4) is 0 Å². The van der Waals surface area contributed by atoms with Crippen molar-refractivity contribution in [1.82, 2.24) is 5.32 Å². The minimum absolute atomic E-state index is 0. The molecule has 0 unspecified atom stereocenters. The molecule has 0 radical (unpaired) electrons. The summed E-state index contributed by atoms with van der Waals surface area (Å²) >= 11 is 6.12. The van der Waals surface area contributed by atoms with Crippen LogP contribution in [0.4, 0.5) is 0 Å². The molecule has 0 atom stereocenters. The first-order valence-corrected chi connectivity index (χ1v) is 8.03. The third-order valence-electron chi connectivity index (χ3n) is 3.35. The molecule has 0 spiro atoms. The molecule has 23 heavy (non-hydrogen) atoms. The predicted octanol–water partition coefficient (Wildman–Crippen LogP) is 3.67. The fourth-order valence-electron chi connectivity index (χ4n) is 2.23. The molecule has 2 aromatic rings. The van der Waals surface area contributed by atoms with Gasteiger partial charge in [-0.25, -0.2) is 0 Å². The Bertz CT molecular complexity index is 564. The SMILES string of the molecule is Cl.NCCCNCCOc1ccc(Cl)cc1Cc1ccccc1. The fraction of sp³-hybridized carbons (Fsp3) is 0.333. The van der Waals surface area contributed by atoms with E-state index in [9.17, 15) is 0 Å². The van der Waals surface area contributed by atoms with Gasteiger partial charge in [0.2, 0.25) is 0 Å². The van der Waals surface area contributed by atoms with Gasteiger partial charge < -0.3 is 15.8 Å². The molecule has 0 aliphatic rings. The van der Waals surface area contributed by atoms with E-state index in [0.29, 0.717) is 13.2 Å². The van der Waals surface area contributed by atoms with Crippen molar-refractivity contribution in [1.29, 1.82) is 0 Å². The van der Waals surface area contributed by atoms with Gasteiger partial charge in [0.1, 0.15) is 12.4 Å². The van der Waals surface area contributed by atoms with Gasteiger partial charge >= 0.3 is 0 Å². The Kier molecular flexibility index (Phi) is 9.72. The fourth-order valence-corrected chi connectivity index (χ4v) is 2.42. The quantitative estimate of drug-likeness (QED) is 0.675. The van der Waals surface area contributed by atoms with Crippen molar-refractivity contribution >= 4 is 24.0 Å². The van der Waals surface area contributed by atoms with Crippen LogP contribution >= 0.6 is 24.0 Å². The van der Waals surface area contributed by atoms with Crippen LogP contribution in [0, 0.1) is 0 Å². The van der Waals surface area contributed by atoms with Gasteiger partial charge in [-0.05, 0) is 48.8 Å². The van der Waals surface area contributed by atoms with Crippen molar-refractivity contribution < 1.29 is 4.74 Å². The Morgan fingerprint density at radius 3 is 2.57 bits per heavy atom. The van der Waals surface area contributed by atoms with Crippen molar-refractivity contribution in [2.24, 2.45) is 5.73 Å². The molecule has 3 nitrogen and oxygen atoms in total. The van der Waals surface area contributed by atoms with Crippen LogP contribution in [0.5, 0.6) is 5.75 Å². The maximum atomic E-state index is 6.12. The van der Waals surface area contributed by atoms with Crippen LogP contribution in [0.1, 0.15) is 17.5 Å². The van der Waals surface area contributed by atoms with Gasteiger partial charge in [-0.15, -0.1) is 12.4 Å². The molecular weight excluding hydrogens is 331 g/mol. The molecule has 3 N–H and O–H groups in total. The number of ether oxygens (including phenoxy) is 1. The molecule has 0 aliphatic heterocycles. The van der Waals surface area contributed by atoms with Gasteiger partial charge in [0.25, 0.3) is 0 Å². The van der Waals surface area contributed by atoms with E-state index in [-0.39, 0.29) is 12.4 Å². The van der Waals surface area contributed by atoms with Crippen molar-refractivity contribution in [3.8, 4) is 5.75 Å². The van der Waals surface area contributed by atoms with Gasteiger partial charge in [-0.3, -0.25) is 0 Å². The van der Waals surface area contributed by atoms with Gasteiger partial charge in [-0.2, -0.15) is 0 Å². The van der Waals surface area contributed by atoms with Gasteiger partial charge in [0.05, 0.1) is 0 Å². The summed E-state index contributed by atoms with van der Waals surface area (Å²) in [7, 11) is 0. The Morgan fingerprint density at radius 1 is 1.04 bits per heavy atom. The van der Waals surface area contributed by atoms with E-state index in [1.54, 1.807) is 0 Å². The van der Waals surface area contributed by atoms with Crippen molar-refractivity contribution in [2.45, 2.75) is 12.8 Å². The molecule has 0 bridgehead atoms. The summed E-state index contributed by atoms with van der Waals surface area (Å²) in [5.41, 5.74) is 7.82. The minimum Gasteiger partial charge on any atom is -0.492 e. The lowest BCUT2D eigenvalue weighted by Gasteiger charge is -2.12. The third kappa shape index (κ3) is 7.23. The molecule has 0 saturated heterocycles. The lowest BCUT2D eigenvalue weighted by Crippen LogP contribution is -2.23. The lowest BCUT2D eigenvalue weighted by atomic mass is 10.0. The molecule has 0 heterocycles. The van der Waals surface area contributed by atoms with Crippen LogP contribution in [0.25, 0.3) is 0 Å². The maximum Gasteiger partial charge on any atom is 0.122 e. The number of hydrogen-bond donors (Lipinski definition) is 2. The number of hydrogen-bond acceptors (Lipinski definition) is 3. The molecule has 0 amide bonds. The summed E-state index contributed by atoms with van der Waals surface area (Å²) in [5, 5.41) is 4.04. The molecule has 0 aromatic heterocycles. The van der Waals surface area contributed by atoms with Gasteiger partial charge in [0, 0.05) is 18.0 Å². The summed E-state index contributed by atoms with van der Waals surface area (Å²) in [5.74, 6) is 0.897. The Balaban J connectivity index is 0.00000264. The molecule has 126 valence electrons. The highest BCUT2D eigenvalue weighted by atomic mass is 35.5. The van der Waals surface area contributed by atoms with Gasteiger partial charge in [-0.1, -0.05) is 41.9 Å². The topological polar surface area (TPSA) is 47.3 Å². The normalized spacial score (nSPS) is 10.2. The van der Waals surface area contributed by atoms with E-state index in [1.165, 1.54) is 5.56 Å². The predicted molar refractivity (Wildman–Crippen MR) is 100.0 cm³/mol. The highest BCUT2D eigenvalue weighted by Gasteiger charge is 2.06. The maximum absolute atomic E-state index is 6.12. The number of rotatable bonds is 9. The molecule has 0 aliphatic carbocycles. The largest absolute Gasteiger partial charge is 0.492 e. The molecule has 0 saturated carbocycles. The third-order valence-corrected chi connectivity index (χ3v) is 3.59. The zero-order valence-electron chi connectivity index (χ0n) is 13.1. The van der Waals surface area contributed by atoms with E-state index in [2.05, 4.69) is 17.4 Å². The molecular formula is C18H24Cl2N2O. The molecule has 0 fully saturated rings. The molecule has 2 rings (SSSR count). The number of nitrogens with two attached hydrogens (primary N) is 1. The first kappa shape index (κ1) is 19.8. The summed E-state index contributed by atoms with van der Waals surface area (Å²) in [6.45, 7) is 3.09. The van der Waals surface area contributed by atoms with Crippen LogP contribution < -0.4 is 15.8 Å². The van der Waals surface area contributed by atoms with Gasteiger partial charge in [0.15, 0.2) is 0 Å². The van der Waals surface area contributed by atoms with E-state index >= 15 is 0 Å². The van der Waals surface area contributed by atoms with Crippen molar-refractivity contribution in [2.75, 3.05) is 26.2 Å². The second-order valence-electron chi connectivity index (χ2n) is 5.16. The summed E-state index contributed by atoms with van der Waals surface area (Å²) in [6, 6.07) is 16.1. The Hall–Kier alpha value is -1.26. The van der Waals surface area contributed by atoms with Crippen LogP contribution in [-0.2, 0) is 6.42 Å². The zero-order valence-corrected chi connectivity index (χ0v) is 14.7. The average Bonchev–Trinajstić information content (AvgIpc) is 2.53. The lowest BCUT2D eigenvalue weighted by molar-refractivity contribution is 0.311. The highest BCUT2D eigenvalue weighted by Crippen LogP contribution is 2.25. The molecule has 2 aromatic carbocycles. The van der Waals surface area contributed by atoms with E-state index in [4.69, 9.17) is 22.1 Å². The van der Waals surface area contributed by atoms with Crippen LogP contribution in [0.15, 0.2) is 48.5 Å². The molecule has 5 heteroatoms.